The fourth-order valence-electron chi connectivity index (χ4n) is 5.47. The Labute approximate surface area is 201 Å². The first kappa shape index (κ1) is 23.1. The Bertz CT molecular complexity index is 1260. The van der Waals surface area contributed by atoms with Gasteiger partial charge in [-0.05, 0) is 61.4 Å². The number of aromatic nitrogens is 2. The number of likely N-dealkylation sites (tertiary alicyclic amines) is 1. The van der Waals surface area contributed by atoms with E-state index in [9.17, 15) is 13.2 Å². The highest BCUT2D eigenvalue weighted by Crippen LogP contribution is 2.29. The molecule has 0 spiro atoms. The summed E-state index contributed by atoms with van der Waals surface area (Å²) in [5, 5.41) is 0. The average molecular weight is 481 g/mol. The molecule has 180 valence electrons. The van der Waals surface area contributed by atoms with Gasteiger partial charge in [-0.2, -0.15) is 4.31 Å². The zero-order valence-corrected chi connectivity index (χ0v) is 20.6. The lowest BCUT2D eigenvalue weighted by atomic mass is 9.94. The highest BCUT2D eigenvalue weighted by atomic mass is 32.2. The first-order chi connectivity index (χ1) is 16.3. The number of amides is 1. The maximum absolute atomic E-state index is 13.4. The molecular weight excluding hydrogens is 448 g/mol. The summed E-state index contributed by atoms with van der Waals surface area (Å²) >= 11 is 0. The predicted molar refractivity (Wildman–Crippen MR) is 132 cm³/mol. The maximum Gasteiger partial charge on any atom is 0.253 e. The van der Waals surface area contributed by atoms with Crippen LogP contribution in [0.5, 0.6) is 0 Å². The molecule has 0 bridgehead atoms. The number of fused-ring (bicyclic) bond motifs is 1. The van der Waals surface area contributed by atoms with Gasteiger partial charge < -0.3 is 9.88 Å². The number of benzene rings is 2. The van der Waals surface area contributed by atoms with Crippen LogP contribution in [-0.4, -0.2) is 59.7 Å². The van der Waals surface area contributed by atoms with E-state index in [-0.39, 0.29) is 16.7 Å². The number of carbonyl (C=O) groups is 1. The van der Waals surface area contributed by atoms with E-state index in [1.165, 1.54) is 0 Å². The fourth-order valence-corrected chi connectivity index (χ4v) is 7.20. The van der Waals surface area contributed by atoms with Crippen LogP contribution in [0.4, 0.5) is 0 Å². The first-order valence-corrected chi connectivity index (χ1v) is 13.6. The molecule has 3 atom stereocenters. The van der Waals surface area contributed by atoms with Crippen LogP contribution in [0.2, 0.25) is 0 Å². The molecule has 7 nitrogen and oxygen atoms in total. The van der Waals surface area contributed by atoms with Crippen LogP contribution in [0.25, 0.3) is 11.0 Å². The van der Waals surface area contributed by atoms with E-state index in [0.717, 1.165) is 36.1 Å². The molecule has 0 aliphatic carbocycles. The Balaban J connectivity index is 1.35. The highest BCUT2D eigenvalue weighted by Gasteiger charge is 2.33. The topological polar surface area (TPSA) is 86.4 Å². The average Bonchev–Trinajstić information content (AvgIpc) is 3.28. The Hall–Kier alpha value is -2.71. The third-order valence-corrected chi connectivity index (χ3v) is 8.88. The molecule has 3 aromatic rings. The number of nitrogens with one attached hydrogen (secondary N) is 1. The molecule has 0 radical (unpaired) electrons. The summed E-state index contributed by atoms with van der Waals surface area (Å²) in [7, 11) is -3.64. The number of imidazole rings is 1. The lowest BCUT2D eigenvalue weighted by Gasteiger charge is -2.34. The number of aromatic amines is 1. The Kier molecular flexibility index (Phi) is 6.20. The summed E-state index contributed by atoms with van der Waals surface area (Å²) in [6, 6.07) is 14.5. The van der Waals surface area contributed by atoms with Crippen molar-refractivity contribution in [2.75, 3.05) is 26.2 Å². The number of hydrogen-bond donors (Lipinski definition) is 1. The molecule has 2 saturated heterocycles. The van der Waals surface area contributed by atoms with E-state index in [1.807, 2.05) is 29.2 Å². The smallest absolute Gasteiger partial charge is 0.253 e. The highest BCUT2D eigenvalue weighted by molar-refractivity contribution is 7.89. The SMILES string of the molecule is CC1CC(C)CN(S(=O)(=O)c2cccc(C(=O)N3CCCC(c4nc5ccccc5[nH]4)C3)c2)C1. The fraction of sp³-hybridized carbons (Fsp3) is 0.462. The largest absolute Gasteiger partial charge is 0.342 e. The van der Waals surface area contributed by atoms with Gasteiger partial charge in [0.05, 0.1) is 15.9 Å². The molecule has 2 fully saturated rings. The second-order valence-electron chi connectivity index (χ2n) is 10.0. The summed E-state index contributed by atoms with van der Waals surface area (Å²) in [5.74, 6) is 1.56. The minimum Gasteiger partial charge on any atom is -0.342 e. The Morgan fingerprint density at radius 2 is 1.79 bits per heavy atom. The molecule has 3 heterocycles. The van der Waals surface area contributed by atoms with E-state index >= 15 is 0 Å². The second-order valence-corrected chi connectivity index (χ2v) is 12.0. The van der Waals surface area contributed by atoms with Gasteiger partial charge >= 0.3 is 0 Å². The van der Waals surface area contributed by atoms with Gasteiger partial charge in [-0.3, -0.25) is 4.79 Å². The van der Waals surface area contributed by atoms with Crippen molar-refractivity contribution in [3.05, 3.63) is 59.9 Å². The van der Waals surface area contributed by atoms with Gasteiger partial charge in [-0.1, -0.05) is 32.0 Å². The van der Waals surface area contributed by atoms with Crippen LogP contribution >= 0.6 is 0 Å². The number of carbonyl (C=O) groups excluding carboxylic acids is 1. The number of rotatable bonds is 4. The molecule has 2 aromatic carbocycles. The van der Waals surface area contributed by atoms with Gasteiger partial charge in [-0.15, -0.1) is 0 Å². The molecule has 1 N–H and O–H groups in total. The van der Waals surface area contributed by atoms with Gasteiger partial charge in [0.25, 0.3) is 5.91 Å². The molecule has 3 unspecified atom stereocenters. The van der Waals surface area contributed by atoms with Gasteiger partial charge in [0.15, 0.2) is 0 Å². The summed E-state index contributed by atoms with van der Waals surface area (Å²) in [4.78, 5) is 23.6. The molecule has 1 aromatic heterocycles. The molecule has 2 aliphatic rings. The quantitative estimate of drug-likeness (QED) is 0.605. The Morgan fingerprint density at radius 1 is 1.03 bits per heavy atom. The van der Waals surface area contributed by atoms with Crippen molar-refractivity contribution in [3.63, 3.8) is 0 Å². The van der Waals surface area contributed by atoms with Gasteiger partial charge in [0.1, 0.15) is 5.82 Å². The van der Waals surface area contributed by atoms with E-state index in [4.69, 9.17) is 4.98 Å². The third-order valence-electron chi connectivity index (χ3n) is 7.06. The molecule has 0 saturated carbocycles. The van der Waals surface area contributed by atoms with Crippen LogP contribution in [0.3, 0.4) is 0 Å². The minimum atomic E-state index is -3.64. The van der Waals surface area contributed by atoms with Crippen molar-refractivity contribution in [1.82, 2.24) is 19.2 Å². The second kappa shape index (κ2) is 9.15. The molecule has 34 heavy (non-hydrogen) atoms. The van der Waals surface area contributed by atoms with Crippen LogP contribution in [-0.2, 0) is 10.0 Å². The first-order valence-electron chi connectivity index (χ1n) is 12.2. The number of hydrogen-bond acceptors (Lipinski definition) is 4. The van der Waals surface area contributed by atoms with Crippen molar-refractivity contribution < 1.29 is 13.2 Å². The van der Waals surface area contributed by atoms with Crippen LogP contribution in [0.15, 0.2) is 53.4 Å². The van der Waals surface area contributed by atoms with Crippen molar-refractivity contribution >= 4 is 27.0 Å². The van der Waals surface area contributed by atoms with Crippen LogP contribution in [0, 0.1) is 11.8 Å². The molecule has 2 aliphatic heterocycles. The molecule has 8 heteroatoms. The third kappa shape index (κ3) is 4.49. The van der Waals surface area contributed by atoms with Gasteiger partial charge in [0.2, 0.25) is 10.0 Å². The van der Waals surface area contributed by atoms with Gasteiger partial charge in [-0.25, -0.2) is 13.4 Å². The molecular formula is C26H32N4O3S. The maximum atomic E-state index is 13.4. The minimum absolute atomic E-state index is 0.127. The van der Waals surface area contributed by atoms with Crippen molar-refractivity contribution in [1.29, 1.82) is 0 Å². The van der Waals surface area contributed by atoms with Crippen molar-refractivity contribution in [2.24, 2.45) is 11.8 Å². The number of para-hydroxylation sites is 2. The summed E-state index contributed by atoms with van der Waals surface area (Å²) < 4.78 is 28.3. The summed E-state index contributed by atoms with van der Waals surface area (Å²) in [6.45, 7) is 6.45. The van der Waals surface area contributed by atoms with Crippen molar-refractivity contribution in [3.8, 4) is 0 Å². The predicted octanol–water partition coefficient (Wildman–Crippen LogP) is 4.25. The molecule has 1 amide bonds. The van der Waals surface area contributed by atoms with Crippen molar-refractivity contribution in [2.45, 2.75) is 43.9 Å². The summed E-state index contributed by atoms with van der Waals surface area (Å²) in [6.07, 6.45) is 2.88. The van der Waals surface area contributed by atoms with Gasteiger partial charge in [0, 0.05) is 37.7 Å². The van der Waals surface area contributed by atoms with Crippen LogP contribution < -0.4 is 0 Å². The van der Waals surface area contributed by atoms with E-state index in [0.29, 0.717) is 43.6 Å². The standard InChI is InChI=1S/C26H32N4O3S/c1-18-13-19(2)16-30(15-18)34(32,33)22-9-5-7-20(14-22)26(31)29-12-6-8-21(17-29)25-27-23-10-3-4-11-24(23)28-25/h3-5,7,9-11,14,18-19,21H,6,8,12-13,15-17H2,1-2H3,(H,27,28). The van der Waals surface area contributed by atoms with E-state index in [1.54, 1.807) is 28.6 Å². The van der Waals surface area contributed by atoms with E-state index in [2.05, 4.69) is 18.8 Å². The number of nitrogens with zero attached hydrogens (tertiary/aromatic N) is 3. The molecule has 5 rings (SSSR count). The lowest BCUT2D eigenvalue weighted by Crippen LogP contribution is -2.42. The Morgan fingerprint density at radius 3 is 2.56 bits per heavy atom. The zero-order chi connectivity index (χ0) is 23.9. The monoisotopic (exact) mass is 480 g/mol. The van der Waals surface area contributed by atoms with E-state index < -0.39 is 10.0 Å². The lowest BCUT2D eigenvalue weighted by molar-refractivity contribution is 0.0704. The zero-order valence-electron chi connectivity index (χ0n) is 19.8. The van der Waals surface area contributed by atoms with Crippen LogP contribution in [0.1, 0.15) is 55.2 Å². The normalized spacial score (nSPS) is 24.4. The number of sulfonamides is 1. The number of H-pyrrole nitrogens is 1. The number of piperidine rings is 2. The summed E-state index contributed by atoms with van der Waals surface area (Å²) in [5.41, 5.74) is 2.35.